The summed E-state index contributed by atoms with van der Waals surface area (Å²) in [5, 5.41) is 0. The van der Waals surface area contributed by atoms with Gasteiger partial charge in [-0.15, -0.1) is 0 Å². The number of esters is 1. The molecule has 3 aromatic rings. The van der Waals surface area contributed by atoms with E-state index in [2.05, 4.69) is 51.1 Å². The van der Waals surface area contributed by atoms with Crippen molar-refractivity contribution < 1.29 is 28.5 Å². The Kier molecular flexibility index (Phi) is 10.8. The fourth-order valence-corrected chi connectivity index (χ4v) is 5.59. The topological polar surface area (TPSA) is 87.2 Å². The lowest BCUT2D eigenvalue weighted by molar-refractivity contribution is -0.154. The molecule has 0 saturated carbocycles. The maximum Gasteiger partial charge on any atom is 0.306 e. The molecule has 1 fully saturated rings. The zero-order valence-electron chi connectivity index (χ0n) is 28.7. The van der Waals surface area contributed by atoms with Gasteiger partial charge >= 0.3 is 5.97 Å². The maximum absolute atomic E-state index is 13.2. The van der Waals surface area contributed by atoms with E-state index in [4.69, 9.17) is 23.9 Å². The summed E-state index contributed by atoms with van der Waals surface area (Å²) in [5.41, 5.74) is 5.04. The molecule has 1 saturated heterocycles. The molecule has 0 aliphatic carbocycles. The van der Waals surface area contributed by atoms with Gasteiger partial charge in [0.1, 0.15) is 17.1 Å². The predicted molar refractivity (Wildman–Crippen MR) is 180 cm³/mol. The summed E-state index contributed by atoms with van der Waals surface area (Å²) in [6, 6.07) is 18.0. The van der Waals surface area contributed by atoms with E-state index in [1.165, 1.54) is 5.56 Å². The van der Waals surface area contributed by atoms with Crippen LogP contribution in [0, 0.1) is 0 Å². The number of hydrogen-bond acceptors (Lipinski definition) is 7. The van der Waals surface area contributed by atoms with E-state index < -0.39 is 5.60 Å². The highest BCUT2D eigenvalue weighted by Crippen LogP contribution is 2.34. The zero-order valence-corrected chi connectivity index (χ0v) is 28.7. The average Bonchev–Trinajstić information content (AvgIpc) is 3.35. The van der Waals surface area contributed by atoms with Gasteiger partial charge in [-0.25, -0.2) is 4.98 Å². The normalized spacial score (nSPS) is 15.6. The number of rotatable bonds is 11. The Morgan fingerprint density at radius 3 is 2.22 bits per heavy atom. The summed E-state index contributed by atoms with van der Waals surface area (Å²) in [6.45, 7) is 12.6. The smallest absolute Gasteiger partial charge is 0.306 e. The summed E-state index contributed by atoms with van der Waals surface area (Å²) >= 11 is 0. The van der Waals surface area contributed by atoms with Gasteiger partial charge in [0.2, 0.25) is 11.8 Å². The molecule has 1 atom stereocenters. The molecule has 0 N–H and O–H groups in total. The Labute approximate surface area is 273 Å². The van der Waals surface area contributed by atoms with E-state index in [-0.39, 0.29) is 29.8 Å². The van der Waals surface area contributed by atoms with Gasteiger partial charge in [0, 0.05) is 42.2 Å². The maximum atomic E-state index is 13.2. The molecular formula is C38H48N2O6. The van der Waals surface area contributed by atoms with Crippen LogP contribution in [0.5, 0.6) is 17.4 Å². The summed E-state index contributed by atoms with van der Waals surface area (Å²) in [4.78, 5) is 32.5. The molecule has 0 bridgehead atoms. The minimum Gasteiger partial charge on any atom is -0.497 e. The van der Waals surface area contributed by atoms with Crippen molar-refractivity contribution in [3.05, 3.63) is 88.6 Å². The van der Waals surface area contributed by atoms with Crippen molar-refractivity contribution in [2.75, 3.05) is 21.3 Å². The number of aromatic nitrogens is 1. The molecule has 246 valence electrons. The monoisotopic (exact) mass is 628 g/mol. The molecule has 1 amide bonds. The van der Waals surface area contributed by atoms with Gasteiger partial charge in [-0.05, 0) is 68.4 Å². The number of methoxy groups -OCH3 is 3. The SMILES string of the molecule is COc1ccc(CN2C(=O)CC[C@@H]2/C=C(\c2ccc(C(C)(C)C)cc2)c2ccc(CCC(=O)OC(C)(C)C)c(OC)n2)c(OC)c1. The lowest BCUT2D eigenvalue weighted by Gasteiger charge is -2.25. The van der Waals surface area contributed by atoms with Crippen molar-refractivity contribution in [2.45, 2.75) is 90.8 Å². The van der Waals surface area contributed by atoms with Crippen LogP contribution < -0.4 is 14.2 Å². The summed E-state index contributed by atoms with van der Waals surface area (Å²) < 4.78 is 22.2. The van der Waals surface area contributed by atoms with Crippen molar-refractivity contribution in [3.8, 4) is 17.4 Å². The van der Waals surface area contributed by atoms with Crippen molar-refractivity contribution in [1.82, 2.24) is 9.88 Å². The Balaban J connectivity index is 1.72. The van der Waals surface area contributed by atoms with E-state index >= 15 is 0 Å². The largest absolute Gasteiger partial charge is 0.497 e. The number of carbonyl (C=O) groups excluding carboxylic acids is 2. The summed E-state index contributed by atoms with van der Waals surface area (Å²) in [5.74, 6) is 1.65. The molecule has 0 radical (unpaired) electrons. The highest BCUT2D eigenvalue weighted by Gasteiger charge is 2.31. The molecule has 2 heterocycles. The highest BCUT2D eigenvalue weighted by molar-refractivity contribution is 5.83. The molecule has 2 aromatic carbocycles. The number of benzene rings is 2. The van der Waals surface area contributed by atoms with Gasteiger partial charge in [0.25, 0.3) is 0 Å². The van der Waals surface area contributed by atoms with Crippen LogP contribution in [0.1, 0.15) is 88.8 Å². The Hall–Kier alpha value is -4.33. The number of pyridine rings is 1. The third-order valence-electron chi connectivity index (χ3n) is 8.06. The quantitative estimate of drug-likeness (QED) is 0.206. The lowest BCUT2D eigenvalue weighted by atomic mass is 9.86. The first-order chi connectivity index (χ1) is 21.7. The molecule has 1 aromatic heterocycles. The number of carbonyl (C=O) groups is 2. The molecule has 4 rings (SSSR count). The number of amides is 1. The van der Waals surface area contributed by atoms with Gasteiger partial charge in [-0.2, -0.15) is 0 Å². The van der Waals surface area contributed by atoms with Crippen molar-refractivity contribution >= 4 is 17.4 Å². The van der Waals surface area contributed by atoms with Crippen LogP contribution in [0.3, 0.4) is 0 Å². The molecular weight excluding hydrogens is 580 g/mol. The van der Waals surface area contributed by atoms with Crippen LogP contribution in [-0.4, -0.2) is 54.7 Å². The first-order valence-electron chi connectivity index (χ1n) is 15.8. The number of hydrogen-bond donors (Lipinski definition) is 0. The summed E-state index contributed by atoms with van der Waals surface area (Å²) in [6.07, 6.45) is 3.95. The summed E-state index contributed by atoms with van der Waals surface area (Å²) in [7, 11) is 4.83. The van der Waals surface area contributed by atoms with Crippen LogP contribution in [0.2, 0.25) is 0 Å². The van der Waals surface area contributed by atoms with E-state index in [1.54, 1.807) is 21.3 Å². The van der Waals surface area contributed by atoms with Crippen molar-refractivity contribution in [3.63, 3.8) is 0 Å². The van der Waals surface area contributed by atoms with Crippen molar-refractivity contribution in [1.29, 1.82) is 0 Å². The van der Waals surface area contributed by atoms with E-state index in [9.17, 15) is 9.59 Å². The number of likely N-dealkylation sites (tertiary alicyclic amines) is 1. The van der Waals surface area contributed by atoms with Gasteiger partial charge in [-0.1, -0.05) is 57.2 Å². The van der Waals surface area contributed by atoms with Gasteiger partial charge in [0.15, 0.2) is 0 Å². The number of ether oxygens (including phenoxy) is 4. The molecule has 1 aliphatic rings. The third kappa shape index (κ3) is 8.68. The second-order valence-corrected chi connectivity index (χ2v) is 13.7. The minimum absolute atomic E-state index is 0.00571. The van der Waals surface area contributed by atoms with Gasteiger partial charge in [0.05, 0.1) is 33.1 Å². The highest BCUT2D eigenvalue weighted by atomic mass is 16.6. The second-order valence-electron chi connectivity index (χ2n) is 13.7. The Morgan fingerprint density at radius 1 is 0.913 bits per heavy atom. The minimum atomic E-state index is -0.542. The lowest BCUT2D eigenvalue weighted by Crippen LogP contribution is -2.31. The molecule has 46 heavy (non-hydrogen) atoms. The fourth-order valence-electron chi connectivity index (χ4n) is 5.59. The van der Waals surface area contributed by atoms with Gasteiger partial charge in [-0.3, -0.25) is 9.59 Å². The molecule has 0 spiro atoms. The Morgan fingerprint density at radius 2 is 1.61 bits per heavy atom. The predicted octanol–water partition coefficient (Wildman–Crippen LogP) is 7.30. The fraction of sp³-hybridized carbons (Fsp3) is 0.447. The van der Waals surface area contributed by atoms with Gasteiger partial charge < -0.3 is 23.8 Å². The zero-order chi connectivity index (χ0) is 33.6. The van der Waals surface area contributed by atoms with Crippen LogP contribution in [0.4, 0.5) is 0 Å². The molecule has 8 nitrogen and oxygen atoms in total. The average molecular weight is 629 g/mol. The van der Waals surface area contributed by atoms with Crippen molar-refractivity contribution in [2.24, 2.45) is 0 Å². The molecule has 8 heteroatoms. The van der Waals surface area contributed by atoms with E-state index in [0.717, 1.165) is 28.0 Å². The van der Waals surface area contributed by atoms with Crippen LogP contribution >= 0.6 is 0 Å². The standard InChI is InChI=1S/C38H48N2O6/c1-37(2,3)28-15-10-25(11-16-28)31(32-19-13-26(36(39-32)45-9)14-21-35(42)46-38(4,5)6)22-29-17-20-34(41)40(29)24-27-12-18-30(43-7)23-33(27)44-8/h10-13,15-16,18-19,22-23,29H,14,17,20-21,24H2,1-9H3/b31-22+/t29-/m1/s1. The number of nitrogens with zero attached hydrogens (tertiary/aromatic N) is 2. The van der Waals surface area contributed by atoms with Crippen LogP contribution in [-0.2, 0) is 32.7 Å². The van der Waals surface area contributed by atoms with E-state index in [0.29, 0.717) is 43.2 Å². The second kappa shape index (κ2) is 14.4. The van der Waals surface area contributed by atoms with Crippen LogP contribution in [0.15, 0.2) is 60.7 Å². The first-order valence-corrected chi connectivity index (χ1v) is 15.8. The van der Waals surface area contributed by atoms with Crippen LogP contribution in [0.25, 0.3) is 5.57 Å². The number of aryl methyl sites for hydroxylation is 1. The van der Waals surface area contributed by atoms with E-state index in [1.807, 2.05) is 56.0 Å². The first kappa shape index (κ1) is 34.5. The molecule has 0 unspecified atom stereocenters. The third-order valence-corrected chi connectivity index (χ3v) is 8.06. The Bertz CT molecular complexity index is 1560. The molecule has 1 aliphatic heterocycles.